The lowest BCUT2D eigenvalue weighted by molar-refractivity contribution is -0.387. The molecular formula is C18H13ClN2O4S3. The van der Waals surface area contributed by atoms with Gasteiger partial charge in [0.25, 0.3) is 11.6 Å². The highest BCUT2D eigenvalue weighted by atomic mass is 35.5. The Kier molecular flexibility index (Phi) is 6.73. The van der Waals surface area contributed by atoms with E-state index in [1.165, 1.54) is 22.7 Å². The number of hydrogen-bond acceptors (Lipinski definition) is 7. The number of nitro groups is 1. The van der Waals surface area contributed by atoms with E-state index in [4.69, 9.17) is 28.9 Å². The summed E-state index contributed by atoms with van der Waals surface area (Å²) in [5, 5.41) is 20.8. The van der Waals surface area contributed by atoms with Crippen molar-refractivity contribution in [1.82, 2.24) is 0 Å². The molecule has 0 radical (unpaired) electrons. The molecule has 10 heteroatoms. The molecular weight excluding hydrogens is 440 g/mol. The lowest BCUT2D eigenvalue weighted by atomic mass is 10.2. The summed E-state index contributed by atoms with van der Waals surface area (Å²) in [6.45, 7) is -0.0739. The summed E-state index contributed by atoms with van der Waals surface area (Å²) in [6.07, 6.45) is 1.58. The molecule has 28 heavy (non-hydrogen) atoms. The Morgan fingerprint density at radius 2 is 2.11 bits per heavy atom. The molecule has 2 aromatic carbocycles. The molecule has 0 saturated carbocycles. The minimum Gasteiger partial charge on any atom is -0.396 e. The Labute approximate surface area is 179 Å². The summed E-state index contributed by atoms with van der Waals surface area (Å²) in [5.41, 5.74) is 1.02. The molecule has 2 aromatic rings. The van der Waals surface area contributed by atoms with Crippen LogP contribution in [-0.2, 0) is 4.79 Å². The number of benzene rings is 2. The van der Waals surface area contributed by atoms with Crippen LogP contribution in [0.15, 0.2) is 52.3 Å². The van der Waals surface area contributed by atoms with E-state index < -0.39 is 4.92 Å². The van der Waals surface area contributed by atoms with Crippen molar-refractivity contribution in [1.29, 1.82) is 0 Å². The number of aliphatic hydroxyl groups excluding tert-OH is 1. The van der Waals surface area contributed by atoms with Crippen LogP contribution in [-0.4, -0.2) is 32.6 Å². The van der Waals surface area contributed by atoms with Gasteiger partial charge in [0.1, 0.15) is 0 Å². The molecule has 0 aromatic heterocycles. The molecule has 1 aliphatic rings. The average molecular weight is 453 g/mol. The van der Waals surface area contributed by atoms with Crippen molar-refractivity contribution in [2.75, 3.05) is 17.3 Å². The molecule has 3 rings (SSSR count). The van der Waals surface area contributed by atoms with Crippen LogP contribution in [0, 0.1) is 10.1 Å². The number of anilines is 1. The van der Waals surface area contributed by atoms with Gasteiger partial charge in [0, 0.05) is 16.8 Å². The molecule has 1 heterocycles. The van der Waals surface area contributed by atoms with Crippen molar-refractivity contribution in [2.45, 2.75) is 4.90 Å². The van der Waals surface area contributed by atoms with Crippen LogP contribution in [0.3, 0.4) is 0 Å². The number of carbonyl (C=O) groups is 1. The first-order chi connectivity index (χ1) is 13.4. The van der Waals surface area contributed by atoms with Crippen molar-refractivity contribution in [3.8, 4) is 0 Å². The Hall–Kier alpha value is -1.91. The maximum Gasteiger partial charge on any atom is 0.283 e. The SMILES string of the molecule is O=C1/C(=C\c2ccc(SCCO)c([N+](=O)[O-])c2)SC(=S)N1c1cccc(Cl)c1. The van der Waals surface area contributed by atoms with Gasteiger partial charge in [0.05, 0.1) is 27.0 Å². The van der Waals surface area contributed by atoms with Crippen molar-refractivity contribution in [3.05, 3.63) is 68.1 Å². The number of thiocarbonyl (C=S) groups is 1. The summed E-state index contributed by atoms with van der Waals surface area (Å²) in [4.78, 5) is 25.9. The van der Waals surface area contributed by atoms with E-state index in [0.717, 1.165) is 11.8 Å². The molecule has 0 unspecified atom stereocenters. The van der Waals surface area contributed by atoms with Crippen molar-refractivity contribution < 1.29 is 14.8 Å². The van der Waals surface area contributed by atoms with Gasteiger partial charge >= 0.3 is 0 Å². The Balaban J connectivity index is 1.91. The fourth-order valence-electron chi connectivity index (χ4n) is 2.50. The number of rotatable bonds is 6. The fourth-order valence-corrected chi connectivity index (χ4v) is 4.74. The van der Waals surface area contributed by atoms with Gasteiger partial charge in [-0.1, -0.05) is 47.7 Å². The zero-order chi connectivity index (χ0) is 20.3. The number of halogens is 1. The van der Waals surface area contributed by atoms with Crippen LogP contribution < -0.4 is 4.90 Å². The van der Waals surface area contributed by atoms with E-state index >= 15 is 0 Å². The number of hydrogen-bond donors (Lipinski definition) is 1. The van der Waals surface area contributed by atoms with E-state index in [1.54, 1.807) is 42.5 Å². The van der Waals surface area contributed by atoms with Gasteiger partial charge in [-0.3, -0.25) is 19.8 Å². The van der Waals surface area contributed by atoms with E-state index in [9.17, 15) is 14.9 Å². The molecule has 1 amide bonds. The number of amides is 1. The summed E-state index contributed by atoms with van der Waals surface area (Å²) in [5.74, 6) is 0.0528. The zero-order valence-corrected chi connectivity index (χ0v) is 17.4. The van der Waals surface area contributed by atoms with Crippen LogP contribution in [0.4, 0.5) is 11.4 Å². The first kappa shape index (κ1) is 20.8. The van der Waals surface area contributed by atoms with Gasteiger partial charge < -0.3 is 5.11 Å². The molecule has 0 bridgehead atoms. The summed E-state index contributed by atoms with van der Waals surface area (Å²) < 4.78 is 0.364. The highest BCUT2D eigenvalue weighted by molar-refractivity contribution is 8.27. The Morgan fingerprint density at radius 3 is 2.79 bits per heavy atom. The Bertz CT molecular complexity index is 997. The fraction of sp³-hybridized carbons (Fsp3) is 0.111. The summed E-state index contributed by atoms with van der Waals surface area (Å²) in [7, 11) is 0. The van der Waals surface area contributed by atoms with Gasteiger partial charge in [-0.2, -0.15) is 0 Å². The predicted octanol–water partition coefficient (Wildman–Crippen LogP) is 4.74. The van der Waals surface area contributed by atoms with Gasteiger partial charge in [-0.15, -0.1) is 11.8 Å². The molecule has 1 aliphatic heterocycles. The van der Waals surface area contributed by atoms with Crippen molar-refractivity contribution >= 4 is 75.0 Å². The lowest BCUT2D eigenvalue weighted by Crippen LogP contribution is -2.27. The standard InChI is InChI=1S/C18H13ClN2O4S3/c19-12-2-1-3-13(10-12)20-17(23)16(28-18(20)26)9-11-4-5-15(27-7-6-22)14(8-11)21(24)25/h1-5,8-10,22H,6-7H2/b16-9+. The van der Waals surface area contributed by atoms with Gasteiger partial charge in [0.15, 0.2) is 4.32 Å². The number of nitro benzene ring substituents is 1. The number of carbonyl (C=O) groups excluding carboxylic acids is 1. The van der Waals surface area contributed by atoms with Crippen LogP contribution in [0.5, 0.6) is 0 Å². The highest BCUT2D eigenvalue weighted by Gasteiger charge is 2.33. The maximum absolute atomic E-state index is 12.8. The third kappa shape index (κ3) is 4.56. The highest BCUT2D eigenvalue weighted by Crippen LogP contribution is 2.37. The minimum absolute atomic E-state index is 0.0717. The van der Waals surface area contributed by atoms with Crippen molar-refractivity contribution in [2.24, 2.45) is 0 Å². The van der Waals surface area contributed by atoms with Crippen molar-refractivity contribution in [3.63, 3.8) is 0 Å². The van der Waals surface area contributed by atoms with Gasteiger partial charge in [0.2, 0.25) is 0 Å². The third-order valence-electron chi connectivity index (χ3n) is 3.69. The number of thioether (sulfide) groups is 2. The first-order valence-electron chi connectivity index (χ1n) is 7.96. The maximum atomic E-state index is 12.8. The molecule has 1 saturated heterocycles. The van der Waals surface area contributed by atoms with Gasteiger partial charge in [-0.25, -0.2) is 0 Å². The molecule has 0 spiro atoms. The second-order valence-electron chi connectivity index (χ2n) is 5.55. The number of aliphatic hydroxyl groups is 1. The zero-order valence-electron chi connectivity index (χ0n) is 14.2. The quantitative estimate of drug-likeness (QED) is 0.223. The van der Waals surface area contributed by atoms with Crippen LogP contribution in [0.2, 0.25) is 5.02 Å². The van der Waals surface area contributed by atoms with E-state index in [-0.39, 0.29) is 18.2 Å². The Morgan fingerprint density at radius 1 is 1.32 bits per heavy atom. The van der Waals surface area contributed by atoms with E-state index in [1.807, 2.05) is 0 Å². The molecule has 6 nitrogen and oxygen atoms in total. The molecule has 1 fully saturated rings. The third-order valence-corrected chi connectivity index (χ3v) is 6.27. The molecule has 1 N–H and O–H groups in total. The smallest absolute Gasteiger partial charge is 0.283 e. The summed E-state index contributed by atoms with van der Waals surface area (Å²) in [6, 6.07) is 11.5. The molecule has 0 aliphatic carbocycles. The second kappa shape index (κ2) is 9.06. The van der Waals surface area contributed by atoms with Crippen LogP contribution in [0.25, 0.3) is 6.08 Å². The number of nitrogens with zero attached hydrogens (tertiary/aromatic N) is 2. The van der Waals surface area contributed by atoms with Crippen LogP contribution >= 0.6 is 47.3 Å². The topological polar surface area (TPSA) is 83.7 Å². The van der Waals surface area contributed by atoms with Gasteiger partial charge in [-0.05, 0) is 35.9 Å². The predicted molar refractivity (Wildman–Crippen MR) is 118 cm³/mol. The summed E-state index contributed by atoms with van der Waals surface area (Å²) >= 11 is 13.6. The van der Waals surface area contributed by atoms with Crippen LogP contribution in [0.1, 0.15) is 5.56 Å². The largest absolute Gasteiger partial charge is 0.396 e. The van der Waals surface area contributed by atoms with E-state index in [2.05, 4.69) is 0 Å². The monoisotopic (exact) mass is 452 g/mol. The second-order valence-corrected chi connectivity index (χ2v) is 8.80. The molecule has 144 valence electrons. The minimum atomic E-state index is -0.478. The average Bonchev–Trinajstić information content (AvgIpc) is 2.93. The first-order valence-corrected chi connectivity index (χ1v) is 10.5. The lowest BCUT2D eigenvalue weighted by Gasteiger charge is -2.14. The normalized spacial score (nSPS) is 15.5. The van der Waals surface area contributed by atoms with E-state index in [0.29, 0.717) is 36.1 Å². The molecule has 0 atom stereocenters.